The van der Waals surface area contributed by atoms with Crippen LogP contribution in [0.1, 0.15) is 29.7 Å². The molecular formula is C10H8F6O. The molecule has 0 saturated carbocycles. The van der Waals surface area contributed by atoms with Crippen LogP contribution < -0.4 is 0 Å². The van der Waals surface area contributed by atoms with Crippen molar-refractivity contribution in [1.29, 1.82) is 0 Å². The Morgan fingerprint density at radius 2 is 1.53 bits per heavy atom. The van der Waals surface area contributed by atoms with Gasteiger partial charge in [0.1, 0.15) is 0 Å². The molecule has 1 N–H and O–H groups in total. The Balaban J connectivity index is 3.41. The minimum atomic E-state index is -4.94. The van der Waals surface area contributed by atoms with Gasteiger partial charge in [0, 0.05) is 0 Å². The average Bonchev–Trinajstić information content (AvgIpc) is 2.14. The van der Waals surface area contributed by atoms with Crippen molar-refractivity contribution in [2.45, 2.75) is 25.4 Å². The highest BCUT2D eigenvalue weighted by Crippen LogP contribution is 2.38. The lowest BCUT2D eigenvalue weighted by atomic mass is 9.99. The third kappa shape index (κ3) is 3.12. The lowest BCUT2D eigenvalue weighted by Gasteiger charge is -2.17. The minimum Gasteiger partial charge on any atom is -0.389 e. The number of alkyl halides is 6. The van der Waals surface area contributed by atoms with Gasteiger partial charge in [-0.1, -0.05) is 6.07 Å². The summed E-state index contributed by atoms with van der Waals surface area (Å²) in [6.45, 7) is 1.05. The zero-order chi connectivity index (χ0) is 13.4. The number of rotatable bonds is 1. The van der Waals surface area contributed by atoms with E-state index in [9.17, 15) is 26.3 Å². The van der Waals surface area contributed by atoms with Crippen LogP contribution in [-0.4, -0.2) is 5.11 Å². The maximum Gasteiger partial charge on any atom is 0.416 e. The number of aliphatic hydroxyl groups is 1. The molecule has 0 amide bonds. The smallest absolute Gasteiger partial charge is 0.389 e. The van der Waals surface area contributed by atoms with Crippen molar-refractivity contribution in [3.05, 3.63) is 34.9 Å². The quantitative estimate of drug-likeness (QED) is 0.760. The van der Waals surface area contributed by atoms with E-state index in [1.807, 2.05) is 0 Å². The van der Waals surface area contributed by atoms with E-state index in [1.54, 1.807) is 0 Å². The van der Waals surface area contributed by atoms with Crippen molar-refractivity contribution in [3.8, 4) is 0 Å². The van der Waals surface area contributed by atoms with E-state index < -0.39 is 35.1 Å². The first-order valence-corrected chi connectivity index (χ1v) is 4.50. The molecule has 0 spiro atoms. The molecule has 0 saturated heterocycles. The van der Waals surface area contributed by atoms with Gasteiger partial charge in [-0.05, 0) is 24.6 Å². The zero-order valence-corrected chi connectivity index (χ0v) is 8.52. The van der Waals surface area contributed by atoms with Crippen molar-refractivity contribution < 1.29 is 31.4 Å². The van der Waals surface area contributed by atoms with Crippen LogP contribution in [-0.2, 0) is 12.4 Å². The summed E-state index contributed by atoms with van der Waals surface area (Å²) in [6, 6.07) is 1.15. The second-order valence-corrected chi connectivity index (χ2v) is 3.47. The molecule has 17 heavy (non-hydrogen) atoms. The summed E-state index contributed by atoms with van der Waals surface area (Å²) >= 11 is 0. The Bertz CT molecular complexity index is 404. The van der Waals surface area contributed by atoms with Gasteiger partial charge >= 0.3 is 12.4 Å². The Morgan fingerprint density at radius 1 is 1.00 bits per heavy atom. The van der Waals surface area contributed by atoms with E-state index in [4.69, 9.17) is 5.11 Å². The number of halogens is 6. The number of aliphatic hydroxyl groups excluding tert-OH is 1. The summed E-state index contributed by atoms with van der Waals surface area (Å²) in [5.41, 5.74) is -3.44. The highest BCUT2D eigenvalue weighted by atomic mass is 19.4. The van der Waals surface area contributed by atoms with Crippen molar-refractivity contribution >= 4 is 0 Å². The molecule has 1 nitrogen and oxygen atoms in total. The van der Waals surface area contributed by atoms with E-state index >= 15 is 0 Å². The van der Waals surface area contributed by atoms with Crippen LogP contribution in [0.4, 0.5) is 26.3 Å². The molecule has 1 atom stereocenters. The van der Waals surface area contributed by atoms with Gasteiger partial charge in [0.25, 0.3) is 0 Å². The molecule has 1 aromatic carbocycles. The SMILES string of the molecule is C[C@@H](O)c1ccc(C(F)(F)F)cc1C(F)(F)F. The summed E-state index contributed by atoms with van der Waals surface area (Å²) in [4.78, 5) is 0. The van der Waals surface area contributed by atoms with E-state index in [0.717, 1.165) is 6.92 Å². The van der Waals surface area contributed by atoms with E-state index in [1.165, 1.54) is 0 Å². The summed E-state index contributed by atoms with van der Waals surface area (Å²) < 4.78 is 74.3. The molecule has 1 rings (SSSR count). The fraction of sp³-hybridized carbons (Fsp3) is 0.400. The highest BCUT2D eigenvalue weighted by Gasteiger charge is 2.38. The molecule has 0 unspecified atom stereocenters. The number of hydrogen-bond acceptors (Lipinski definition) is 1. The van der Waals surface area contributed by atoms with Gasteiger partial charge in [-0.2, -0.15) is 26.3 Å². The van der Waals surface area contributed by atoms with Gasteiger partial charge in [-0.25, -0.2) is 0 Å². The van der Waals surface area contributed by atoms with Gasteiger partial charge in [-0.3, -0.25) is 0 Å². The van der Waals surface area contributed by atoms with Crippen LogP contribution in [0.2, 0.25) is 0 Å². The Labute approximate surface area is 92.7 Å². The molecule has 0 aliphatic rings. The van der Waals surface area contributed by atoms with Crippen molar-refractivity contribution in [1.82, 2.24) is 0 Å². The van der Waals surface area contributed by atoms with Crippen LogP contribution in [0.3, 0.4) is 0 Å². The van der Waals surface area contributed by atoms with Gasteiger partial charge in [-0.15, -0.1) is 0 Å². The molecule has 0 aliphatic carbocycles. The molecule has 0 heterocycles. The van der Waals surface area contributed by atoms with E-state index in [0.29, 0.717) is 12.1 Å². The van der Waals surface area contributed by atoms with Crippen LogP contribution in [0.15, 0.2) is 18.2 Å². The Morgan fingerprint density at radius 3 is 1.88 bits per heavy atom. The first-order valence-electron chi connectivity index (χ1n) is 4.50. The summed E-state index contributed by atoms with van der Waals surface area (Å²) in [5, 5.41) is 9.08. The first kappa shape index (κ1) is 13.8. The topological polar surface area (TPSA) is 20.2 Å². The predicted octanol–water partition coefficient (Wildman–Crippen LogP) is 3.78. The molecule has 1 aromatic rings. The van der Waals surface area contributed by atoms with E-state index in [2.05, 4.69) is 0 Å². The van der Waals surface area contributed by atoms with Crippen molar-refractivity contribution in [3.63, 3.8) is 0 Å². The van der Waals surface area contributed by atoms with Crippen LogP contribution in [0.5, 0.6) is 0 Å². The van der Waals surface area contributed by atoms with E-state index in [-0.39, 0.29) is 6.07 Å². The normalized spacial score (nSPS) is 14.8. The molecule has 0 fully saturated rings. The van der Waals surface area contributed by atoms with Gasteiger partial charge in [0.15, 0.2) is 0 Å². The Hall–Kier alpha value is -1.24. The summed E-state index contributed by atoms with van der Waals surface area (Å²) in [6.07, 6.45) is -11.3. The maximum atomic E-state index is 12.5. The third-order valence-electron chi connectivity index (χ3n) is 2.14. The second kappa shape index (κ2) is 4.21. The highest BCUT2D eigenvalue weighted by molar-refractivity contribution is 5.36. The molecule has 96 valence electrons. The monoisotopic (exact) mass is 258 g/mol. The fourth-order valence-electron chi connectivity index (χ4n) is 1.34. The third-order valence-corrected chi connectivity index (χ3v) is 2.14. The van der Waals surface area contributed by atoms with Gasteiger partial charge in [0.05, 0.1) is 17.2 Å². The molecule has 0 radical (unpaired) electrons. The molecule has 0 aromatic heterocycles. The van der Waals surface area contributed by atoms with Crippen LogP contribution >= 0.6 is 0 Å². The number of hydrogen-bond donors (Lipinski definition) is 1. The summed E-state index contributed by atoms with van der Waals surface area (Å²) in [5.74, 6) is 0. The molecular weight excluding hydrogens is 250 g/mol. The number of benzene rings is 1. The minimum absolute atomic E-state index is 0.00204. The molecule has 7 heteroatoms. The lowest BCUT2D eigenvalue weighted by Crippen LogP contribution is -2.14. The van der Waals surface area contributed by atoms with Crippen molar-refractivity contribution in [2.75, 3.05) is 0 Å². The standard InChI is InChI=1S/C10H8F6O/c1-5(17)7-3-2-6(9(11,12)13)4-8(7)10(14,15)16/h2-5,17H,1H3/t5-/m1/s1. The van der Waals surface area contributed by atoms with Crippen molar-refractivity contribution in [2.24, 2.45) is 0 Å². The molecule has 0 aliphatic heterocycles. The predicted molar refractivity (Wildman–Crippen MR) is 47.1 cm³/mol. The van der Waals surface area contributed by atoms with Crippen LogP contribution in [0, 0.1) is 0 Å². The largest absolute Gasteiger partial charge is 0.416 e. The fourth-order valence-corrected chi connectivity index (χ4v) is 1.34. The van der Waals surface area contributed by atoms with Crippen LogP contribution in [0.25, 0.3) is 0 Å². The zero-order valence-electron chi connectivity index (χ0n) is 8.52. The van der Waals surface area contributed by atoms with Gasteiger partial charge in [0.2, 0.25) is 0 Å². The lowest BCUT2D eigenvalue weighted by molar-refractivity contribution is -0.144. The van der Waals surface area contributed by atoms with Gasteiger partial charge < -0.3 is 5.11 Å². The second-order valence-electron chi connectivity index (χ2n) is 3.47. The first-order chi connectivity index (χ1) is 7.53. The average molecular weight is 258 g/mol. The maximum absolute atomic E-state index is 12.5. The summed E-state index contributed by atoms with van der Waals surface area (Å²) in [7, 11) is 0. The Kier molecular flexibility index (Phi) is 3.42. The molecule has 0 bridgehead atoms.